The summed E-state index contributed by atoms with van der Waals surface area (Å²) in [4.78, 5) is 0. The molecule has 0 fully saturated rings. The van der Waals surface area contributed by atoms with E-state index in [1.54, 1.807) is 12.1 Å². The Morgan fingerprint density at radius 3 is 2.33 bits per heavy atom. The van der Waals surface area contributed by atoms with Crippen molar-refractivity contribution in [1.29, 1.82) is 0 Å². The van der Waals surface area contributed by atoms with Crippen molar-refractivity contribution in [3.63, 3.8) is 0 Å². The van der Waals surface area contributed by atoms with Crippen LogP contribution in [0.25, 0.3) is 0 Å². The largest absolute Gasteiger partial charge is 0.497 e. The molecule has 0 aliphatic rings. The van der Waals surface area contributed by atoms with E-state index in [4.69, 9.17) is 20.4 Å². The molecule has 0 spiro atoms. The number of amidine groups is 1. The zero-order valence-electron chi connectivity index (χ0n) is 11.0. The molecule has 0 saturated carbocycles. The predicted octanol–water partition coefficient (Wildman–Crippen LogP) is 2.86. The van der Waals surface area contributed by atoms with Crippen molar-refractivity contribution in [3.05, 3.63) is 53.6 Å². The summed E-state index contributed by atoms with van der Waals surface area (Å²) in [7, 11) is 1.46. The van der Waals surface area contributed by atoms with Gasteiger partial charge in [-0.1, -0.05) is 11.2 Å². The third kappa shape index (κ3) is 3.19. The maximum atomic E-state index is 13.9. The summed E-state index contributed by atoms with van der Waals surface area (Å²) in [5.74, 6) is -2.23. The lowest BCUT2D eigenvalue weighted by molar-refractivity contribution is 0.318. The second kappa shape index (κ2) is 6.08. The third-order valence-corrected chi connectivity index (χ3v) is 2.66. The van der Waals surface area contributed by atoms with Gasteiger partial charge in [-0.15, -0.1) is 0 Å². The Morgan fingerprint density at radius 2 is 1.76 bits per heavy atom. The molecule has 110 valence electrons. The highest BCUT2D eigenvalue weighted by atomic mass is 19.1. The Balaban J connectivity index is 2.36. The van der Waals surface area contributed by atoms with Crippen molar-refractivity contribution in [2.75, 3.05) is 7.11 Å². The van der Waals surface area contributed by atoms with Crippen LogP contribution in [-0.2, 0) is 0 Å². The van der Waals surface area contributed by atoms with Crippen LogP contribution in [0.3, 0.4) is 0 Å². The molecule has 0 bridgehead atoms. The normalized spacial score (nSPS) is 11.3. The van der Waals surface area contributed by atoms with E-state index in [0.717, 1.165) is 12.1 Å². The first-order valence-electron chi connectivity index (χ1n) is 5.84. The van der Waals surface area contributed by atoms with E-state index >= 15 is 0 Å². The molecule has 5 nitrogen and oxygen atoms in total. The van der Waals surface area contributed by atoms with Gasteiger partial charge in [0.25, 0.3) is 0 Å². The molecule has 2 rings (SSSR count). The summed E-state index contributed by atoms with van der Waals surface area (Å²) in [6.07, 6.45) is 0. The first kappa shape index (κ1) is 14.6. The lowest BCUT2D eigenvalue weighted by Crippen LogP contribution is -2.14. The Bertz CT molecular complexity index is 667. The highest BCUT2D eigenvalue weighted by molar-refractivity contribution is 5.97. The Morgan fingerprint density at radius 1 is 1.14 bits per heavy atom. The van der Waals surface area contributed by atoms with Gasteiger partial charge in [0.15, 0.2) is 23.2 Å². The second-order valence-corrected chi connectivity index (χ2v) is 4.04. The molecule has 0 aliphatic carbocycles. The van der Waals surface area contributed by atoms with Crippen LogP contribution in [0.5, 0.6) is 17.2 Å². The molecule has 2 aromatic rings. The molecule has 0 heterocycles. The number of oxime groups is 1. The Kier molecular flexibility index (Phi) is 4.22. The molecule has 0 amide bonds. The van der Waals surface area contributed by atoms with E-state index in [0.29, 0.717) is 5.75 Å². The summed E-state index contributed by atoms with van der Waals surface area (Å²) in [6, 6.07) is 8.12. The van der Waals surface area contributed by atoms with E-state index in [1.807, 2.05) is 0 Å². The van der Waals surface area contributed by atoms with Crippen molar-refractivity contribution in [1.82, 2.24) is 0 Å². The lowest BCUT2D eigenvalue weighted by atomic mass is 10.2. The van der Waals surface area contributed by atoms with Gasteiger partial charge >= 0.3 is 0 Å². The first-order valence-corrected chi connectivity index (χ1v) is 5.84. The number of ether oxygens (including phenoxy) is 2. The van der Waals surface area contributed by atoms with Gasteiger partial charge in [0, 0.05) is 11.6 Å². The van der Waals surface area contributed by atoms with Crippen LogP contribution in [0, 0.1) is 11.6 Å². The van der Waals surface area contributed by atoms with Crippen LogP contribution in [0.1, 0.15) is 5.56 Å². The van der Waals surface area contributed by atoms with Gasteiger partial charge < -0.3 is 20.4 Å². The van der Waals surface area contributed by atoms with Crippen molar-refractivity contribution >= 4 is 5.84 Å². The average molecular weight is 294 g/mol. The zero-order valence-corrected chi connectivity index (χ0v) is 11.0. The molecule has 0 aliphatic heterocycles. The van der Waals surface area contributed by atoms with Gasteiger partial charge in [-0.3, -0.25) is 0 Å². The van der Waals surface area contributed by atoms with Crippen LogP contribution in [0.15, 0.2) is 41.6 Å². The number of nitrogens with zero attached hydrogens (tertiary/aromatic N) is 1. The SMILES string of the molecule is COc1cccc(Oc2c(F)cc(/C(N)=N/O)cc2F)c1. The molecule has 0 atom stereocenters. The molecule has 2 aromatic carbocycles. The summed E-state index contributed by atoms with van der Waals surface area (Å²) in [5.41, 5.74) is 5.19. The fraction of sp³-hybridized carbons (Fsp3) is 0.0714. The number of benzene rings is 2. The predicted molar refractivity (Wildman–Crippen MR) is 71.9 cm³/mol. The lowest BCUT2D eigenvalue weighted by Gasteiger charge is -2.10. The number of rotatable bonds is 4. The van der Waals surface area contributed by atoms with Crippen LogP contribution < -0.4 is 15.2 Å². The summed E-state index contributed by atoms with van der Waals surface area (Å²) >= 11 is 0. The van der Waals surface area contributed by atoms with Crippen molar-refractivity contribution in [3.8, 4) is 17.2 Å². The minimum atomic E-state index is -0.973. The van der Waals surface area contributed by atoms with Gasteiger partial charge in [-0.2, -0.15) is 0 Å². The summed E-state index contributed by atoms with van der Waals surface area (Å²) in [5, 5.41) is 11.2. The van der Waals surface area contributed by atoms with Gasteiger partial charge in [-0.25, -0.2) is 8.78 Å². The molecular formula is C14H12F2N2O3. The van der Waals surface area contributed by atoms with E-state index in [2.05, 4.69) is 5.16 Å². The van der Waals surface area contributed by atoms with Crippen LogP contribution in [-0.4, -0.2) is 18.2 Å². The first-order chi connectivity index (χ1) is 10.0. The Labute approximate surface area is 119 Å². The maximum Gasteiger partial charge on any atom is 0.198 e. The van der Waals surface area contributed by atoms with E-state index in [1.165, 1.54) is 19.2 Å². The van der Waals surface area contributed by atoms with E-state index < -0.39 is 23.2 Å². The van der Waals surface area contributed by atoms with Gasteiger partial charge in [0.1, 0.15) is 11.5 Å². The van der Waals surface area contributed by atoms with Crippen molar-refractivity contribution < 1.29 is 23.5 Å². The van der Waals surface area contributed by atoms with Gasteiger partial charge in [0.2, 0.25) is 0 Å². The number of nitrogens with two attached hydrogens (primary N) is 1. The van der Waals surface area contributed by atoms with Crippen LogP contribution in [0.4, 0.5) is 8.78 Å². The van der Waals surface area contributed by atoms with Crippen molar-refractivity contribution in [2.24, 2.45) is 10.9 Å². The molecule has 0 aromatic heterocycles. The molecule has 0 radical (unpaired) electrons. The van der Waals surface area contributed by atoms with Crippen molar-refractivity contribution in [2.45, 2.75) is 0 Å². The summed E-state index contributed by atoms with van der Waals surface area (Å²) < 4.78 is 37.9. The quantitative estimate of drug-likeness (QED) is 0.393. The van der Waals surface area contributed by atoms with Gasteiger partial charge in [0.05, 0.1) is 7.11 Å². The minimum absolute atomic E-state index is 0.0921. The Hall–Kier alpha value is -2.83. The van der Waals surface area contributed by atoms with Crippen LogP contribution in [0.2, 0.25) is 0 Å². The fourth-order valence-electron chi connectivity index (χ4n) is 1.65. The highest BCUT2D eigenvalue weighted by Crippen LogP contribution is 2.30. The number of methoxy groups -OCH3 is 1. The van der Waals surface area contributed by atoms with E-state index in [-0.39, 0.29) is 11.3 Å². The number of halogens is 2. The molecule has 0 unspecified atom stereocenters. The molecule has 3 N–H and O–H groups in total. The maximum absolute atomic E-state index is 13.9. The van der Waals surface area contributed by atoms with Gasteiger partial charge in [-0.05, 0) is 24.3 Å². The molecule has 7 heteroatoms. The average Bonchev–Trinajstić information content (AvgIpc) is 2.50. The molecular weight excluding hydrogens is 282 g/mol. The molecule has 21 heavy (non-hydrogen) atoms. The molecule has 0 saturated heterocycles. The minimum Gasteiger partial charge on any atom is -0.497 e. The third-order valence-electron chi connectivity index (χ3n) is 2.66. The topological polar surface area (TPSA) is 77.1 Å². The summed E-state index contributed by atoms with van der Waals surface area (Å²) in [6.45, 7) is 0. The smallest absolute Gasteiger partial charge is 0.198 e. The van der Waals surface area contributed by atoms with E-state index in [9.17, 15) is 8.78 Å². The second-order valence-electron chi connectivity index (χ2n) is 4.04. The fourth-order valence-corrected chi connectivity index (χ4v) is 1.65. The monoisotopic (exact) mass is 294 g/mol. The standard InChI is InChI=1S/C14H12F2N2O3/c1-20-9-3-2-4-10(7-9)21-13-11(15)5-8(6-12(13)16)14(17)18-19/h2-7,19H,1H3,(H2,17,18). The number of hydrogen-bond acceptors (Lipinski definition) is 4. The highest BCUT2D eigenvalue weighted by Gasteiger charge is 2.15. The number of hydrogen-bond donors (Lipinski definition) is 2. The van der Waals surface area contributed by atoms with Crippen LogP contribution >= 0.6 is 0 Å². The zero-order chi connectivity index (χ0) is 15.4.